The van der Waals surface area contributed by atoms with Crippen molar-refractivity contribution in [1.29, 1.82) is 0 Å². The van der Waals surface area contributed by atoms with E-state index in [9.17, 15) is 0 Å². The molecule has 14 heavy (non-hydrogen) atoms. The summed E-state index contributed by atoms with van der Waals surface area (Å²) in [5, 5.41) is 0. The van der Waals surface area contributed by atoms with Crippen molar-refractivity contribution in [3.05, 3.63) is 39.0 Å². The minimum atomic E-state index is 0.211. The highest BCUT2D eigenvalue weighted by Crippen LogP contribution is 2.30. The maximum Gasteiger partial charge on any atom is 0.163 e. The molecule has 0 aliphatic carbocycles. The van der Waals surface area contributed by atoms with Gasteiger partial charge in [0.15, 0.2) is 5.70 Å². The second-order valence-electron chi connectivity index (χ2n) is 4.35. The summed E-state index contributed by atoms with van der Waals surface area (Å²) in [4.78, 5) is 5.91. The van der Waals surface area contributed by atoms with E-state index in [0.29, 0.717) is 0 Å². The fraction of sp³-hybridized carbons (Fsp3) is 0.417. The minimum Gasteiger partial charge on any atom is -0.243 e. The zero-order valence-corrected chi connectivity index (χ0v) is 9.90. The molecule has 0 fully saturated rings. The SMILES string of the molecule is [C-]#[N+]/C(C)=C\c1ccc(C(C)(C)C)s1. The number of hydrogen-bond donors (Lipinski definition) is 0. The summed E-state index contributed by atoms with van der Waals surface area (Å²) >= 11 is 1.76. The molecule has 0 atom stereocenters. The van der Waals surface area contributed by atoms with Gasteiger partial charge in [0.1, 0.15) is 0 Å². The highest BCUT2D eigenvalue weighted by molar-refractivity contribution is 7.13. The van der Waals surface area contributed by atoms with E-state index in [2.05, 4.69) is 37.7 Å². The van der Waals surface area contributed by atoms with Crippen LogP contribution in [0.15, 0.2) is 17.8 Å². The van der Waals surface area contributed by atoms with Gasteiger partial charge in [0.25, 0.3) is 0 Å². The molecule has 1 rings (SSSR count). The molecule has 1 heterocycles. The largest absolute Gasteiger partial charge is 0.243 e. The third-order valence-electron chi connectivity index (χ3n) is 1.89. The summed E-state index contributed by atoms with van der Waals surface area (Å²) in [6.45, 7) is 15.3. The van der Waals surface area contributed by atoms with Gasteiger partial charge in [-0.2, -0.15) is 0 Å². The lowest BCUT2D eigenvalue weighted by atomic mass is 9.95. The quantitative estimate of drug-likeness (QED) is 0.601. The summed E-state index contributed by atoms with van der Waals surface area (Å²) in [5.41, 5.74) is 0.954. The normalized spacial score (nSPS) is 12.6. The van der Waals surface area contributed by atoms with Gasteiger partial charge in [0, 0.05) is 9.75 Å². The Hall–Kier alpha value is -1.07. The van der Waals surface area contributed by atoms with Crippen LogP contribution >= 0.6 is 11.3 Å². The first-order valence-corrected chi connectivity index (χ1v) is 5.41. The maximum absolute atomic E-state index is 6.85. The van der Waals surface area contributed by atoms with Crippen molar-refractivity contribution >= 4 is 17.4 Å². The second kappa shape index (κ2) is 3.98. The Labute approximate surface area is 89.9 Å². The van der Waals surface area contributed by atoms with Crippen LogP contribution in [-0.2, 0) is 5.41 Å². The van der Waals surface area contributed by atoms with E-state index in [1.165, 1.54) is 9.75 Å². The molecule has 0 unspecified atom stereocenters. The van der Waals surface area contributed by atoms with Crippen molar-refractivity contribution in [2.45, 2.75) is 33.1 Å². The molecular weight excluding hydrogens is 190 g/mol. The van der Waals surface area contributed by atoms with Crippen LogP contribution in [-0.4, -0.2) is 0 Å². The molecular formula is C12H15NS. The number of thiophene rings is 1. The van der Waals surface area contributed by atoms with Crippen molar-refractivity contribution in [2.75, 3.05) is 0 Å². The number of hydrogen-bond acceptors (Lipinski definition) is 1. The lowest BCUT2D eigenvalue weighted by Gasteiger charge is -2.15. The summed E-state index contributed by atoms with van der Waals surface area (Å²) in [6, 6.07) is 4.23. The third-order valence-corrected chi connectivity index (χ3v) is 3.35. The Morgan fingerprint density at radius 1 is 1.43 bits per heavy atom. The standard InChI is InChI=1S/C12H15NS/c1-9(13-5)8-10-6-7-11(14-10)12(2,3)4/h6-8H,1-4H3/b9-8-. The first-order chi connectivity index (χ1) is 6.43. The van der Waals surface area contributed by atoms with Crippen molar-refractivity contribution < 1.29 is 0 Å². The van der Waals surface area contributed by atoms with Crippen molar-refractivity contribution in [2.24, 2.45) is 0 Å². The van der Waals surface area contributed by atoms with Gasteiger partial charge in [0.05, 0.1) is 6.57 Å². The average Bonchev–Trinajstić information content (AvgIpc) is 2.51. The topological polar surface area (TPSA) is 4.36 Å². The van der Waals surface area contributed by atoms with E-state index < -0.39 is 0 Å². The molecule has 2 heteroatoms. The molecule has 0 bridgehead atoms. The van der Waals surface area contributed by atoms with Crippen LogP contribution in [0.25, 0.3) is 10.9 Å². The molecule has 1 aromatic rings. The molecule has 1 nitrogen and oxygen atoms in total. The summed E-state index contributed by atoms with van der Waals surface area (Å²) in [7, 11) is 0. The van der Waals surface area contributed by atoms with E-state index >= 15 is 0 Å². The van der Waals surface area contributed by atoms with Gasteiger partial charge in [-0.3, -0.25) is 0 Å². The van der Waals surface area contributed by atoms with Gasteiger partial charge in [-0.15, -0.1) is 11.3 Å². The number of nitrogens with zero attached hydrogens (tertiary/aromatic N) is 1. The maximum atomic E-state index is 6.85. The smallest absolute Gasteiger partial charge is 0.163 e. The first kappa shape index (κ1) is 11.0. The molecule has 0 N–H and O–H groups in total. The predicted octanol–water partition coefficient (Wildman–Crippen LogP) is 4.33. The fourth-order valence-corrected chi connectivity index (χ4v) is 2.13. The van der Waals surface area contributed by atoms with Crippen LogP contribution in [0.2, 0.25) is 0 Å². The predicted molar refractivity (Wildman–Crippen MR) is 63.3 cm³/mol. The van der Waals surface area contributed by atoms with Gasteiger partial charge >= 0.3 is 0 Å². The van der Waals surface area contributed by atoms with Crippen molar-refractivity contribution in [3.8, 4) is 0 Å². The highest BCUT2D eigenvalue weighted by atomic mass is 32.1. The number of rotatable bonds is 1. The van der Waals surface area contributed by atoms with Crippen molar-refractivity contribution in [3.63, 3.8) is 0 Å². The van der Waals surface area contributed by atoms with Crippen LogP contribution in [0, 0.1) is 6.57 Å². The molecule has 0 aliphatic rings. The van der Waals surface area contributed by atoms with Gasteiger partial charge in [-0.25, -0.2) is 4.85 Å². The molecule has 0 spiro atoms. The van der Waals surface area contributed by atoms with Crippen molar-refractivity contribution in [1.82, 2.24) is 0 Å². The molecule has 1 aromatic heterocycles. The second-order valence-corrected chi connectivity index (χ2v) is 5.46. The molecule has 0 aliphatic heterocycles. The summed E-state index contributed by atoms with van der Waals surface area (Å²) < 4.78 is 0. The lowest BCUT2D eigenvalue weighted by Crippen LogP contribution is -2.07. The van der Waals surface area contributed by atoms with E-state index in [-0.39, 0.29) is 5.41 Å². The molecule has 74 valence electrons. The molecule has 0 saturated carbocycles. The average molecular weight is 205 g/mol. The van der Waals surface area contributed by atoms with E-state index in [1.807, 2.05) is 13.0 Å². The Morgan fingerprint density at radius 2 is 2.07 bits per heavy atom. The molecule has 0 aromatic carbocycles. The molecule has 0 saturated heterocycles. The summed E-state index contributed by atoms with van der Waals surface area (Å²) in [6.07, 6.45) is 1.94. The number of allylic oxidation sites excluding steroid dienone is 1. The van der Waals surface area contributed by atoms with Gasteiger partial charge in [-0.05, 0) is 30.5 Å². The van der Waals surface area contributed by atoms with E-state index in [0.717, 1.165) is 5.70 Å². The van der Waals surface area contributed by atoms with E-state index in [4.69, 9.17) is 6.57 Å². The van der Waals surface area contributed by atoms with Crippen LogP contribution in [0.3, 0.4) is 0 Å². The minimum absolute atomic E-state index is 0.211. The van der Waals surface area contributed by atoms with Crippen LogP contribution in [0.1, 0.15) is 37.4 Å². The monoisotopic (exact) mass is 205 g/mol. The Balaban J connectivity index is 2.96. The van der Waals surface area contributed by atoms with Gasteiger partial charge < -0.3 is 0 Å². The van der Waals surface area contributed by atoms with E-state index in [1.54, 1.807) is 11.3 Å². The lowest BCUT2D eigenvalue weighted by molar-refractivity contribution is 0.604. The fourth-order valence-electron chi connectivity index (χ4n) is 1.07. The van der Waals surface area contributed by atoms with Crippen LogP contribution in [0.4, 0.5) is 0 Å². The Kier molecular flexibility index (Phi) is 3.13. The molecule has 0 amide bonds. The van der Waals surface area contributed by atoms with Crippen LogP contribution in [0.5, 0.6) is 0 Å². The zero-order chi connectivity index (χ0) is 10.8. The van der Waals surface area contributed by atoms with Crippen LogP contribution < -0.4 is 0 Å². The molecule has 0 radical (unpaired) electrons. The summed E-state index contributed by atoms with van der Waals surface area (Å²) in [5.74, 6) is 0. The Bertz CT molecular complexity index is 385. The zero-order valence-electron chi connectivity index (χ0n) is 9.09. The van der Waals surface area contributed by atoms with Gasteiger partial charge in [0.2, 0.25) is 0 Å². The first-order valence-electron chi connectivity index (χ1n) is 4.59. The van der Waals surface area contributed by atoms with Gasteiger partial charge in [-0.1, -0.05) is 20.8 Å². The Morgan fingerprint density at radius 3 is 2.50 bits per heavy atom. The highest BCUT2D eigenvalue weighted by Gasteiger charge is 2.15. The third kappa shape index (κ3) is 2.71.